The lowest BCUT2D eigenvalue weighted by Crippen LogP contribution is -2.17. The molecule has 0 unspecified atom stereocenters. The molecule has 2 heterocycles. The highest BCUT2D eigenvalue weighted by atomic mass is 32.1. The Morgan fingerprint density at radius 2 is 1.93 bits per heavy atom. The van der Waals surface area contributed by atoms with E-state index in [0.717, 1.165) is 0 Å². The van der Waals surface area contributed by atoms with Crippen LogP contribution in [0.4, 0.5) is 0 Å². The molecular formula is C9H7NO4S. The van der Waals surface area contributed by atoms with Gasteiger partial charge in [-0.15, -0.1) is 16.1 Å². The third kappa shape index (κ3) is 1.79. The van der Waals surface area contributed by atoms with Gasteiger partial charge in [-0.1, -0.05) is 6.07 Å². The van der Waals surface area contributed by atoms with Crippen molar-refractivity contribution in [2.45, 2.75) is 0 Å². The average Bonchev–Trinajstić information content (AvgIpc) is 2.82. The first-order chi connectivity index (χ1) is 7.18. The average molecular weight is 225 g/mol. The van der Waals surface area contributed by atoms with E-state index in [1.807, 2.05) is 0 Å². The van der Waals surface area contributed by atoms with Crippen LogP contribution in [-0.4, -0.2) is 20.9 Å². The lowest BCUT2D eigenvalue weighted by atomic mass is 10.5. The zero-order valence-electron chi connectivity index (χ0n) is 7.45. The van der Waals surface area contributed by atoms with Gasteiger partial charge in [0.25, 0.3) is 0 Å². The molecule has 2 aromatic rings. The molecule has 6 heteroatoms. The molecule has 0 aromatic carbocycles. The summed E-state index contributed by atoms with van der Waals surface area (Å²) >= 11 is 1.21. The number of carbonyl (C=O) groups is 1. The quantitative estimate of drug-likeness (QED) is 0.806. The Balaban J connectivity index is 2.20. The lowest BCUT2D eigenvalue weighted by Gasteiger charge is -2.04. The van der Waals surface area contributed by atoms with Crippen LogP contribution in [0.3, 0.4) is 0 Å². The highest BCUT2D eigenvalue weighted by molar-refractivity contribution is 7.11. The maximum atomic E-state index is 11.4. The number of aromatic hydroxyl groups is 2. The topological polar surface area (TPSA) is 71.7 Å². The standard InChI is InChI=1S/C9H7NO4S/c11-7-3-4-8(12)10(7)14-9(13)6-2-1-5-15-6/h1-5,11-12H. The van der Waals surface area contributed by atoms with Crippen LogP contribution >= 0.6 is 11.3 Å². The fraction of sp³-hybridized carbons (Fsp3) is 0. The van der Waals surface area contributed by atoms with Crippen LogP contribution < -0.4 is 4.84 Å². The molecule has 0 saturated heterocycles. The molecule has 0 bridgehead atoms. The molecular weight excluding hydrogens is 218 g/mol. The summed E-state index contributed by atoms with van der Waals surface area (Å²) in [6.45, 7) is 0. The highest BCUT2D eigenvalue weighted by Crippen LogP contribution is 2.19. The summed E-state index contributed by atoms with van der Waals surface area (Å²) < 4.78 is 0.655. The van der Waals surface area contributed by atoms with Crippen LogP contribution in [0.5, 0.6) is 11.8 Å². The van der Waals surface area contributed by atoms with Gasteiger partial charge in [0.05, 0.1) is 0 Å². The molecule has 0 radical (unpaired) electrons. The smallest absolute Gasteiger partial charge is 0.373 e. The minimum absolute atomic E-state index is 0.336. The van der Waals surface area contributed by atoms with Crippen molar-refractivity contribution in [1.82, 2.24) is 4.73 Å². The summed E-state index contributed by atoms with van der Waals surface area (Å²) in [5.74, 6) is -1.30. The van der Waals surface area contributed by atoms with Crippen molar-refractivity contribution >= 4 is 17.3 Å². The second-order valence-electron chi connectivity index (χ2n) is 2.70. The van der Waals surface area contributed by atoms with Gasteiger partial charge in [-0.2, -0.15) is 0 Å². The summed E-state index contributed by atoms with van der Waals surface area (Å²) in [5.41, 5.74) is 0. The number of aromatic nitrogens is 1. The Morgan fingerprint density at radius 1 is 1.27 bits per heavy atom. The van der Waals surface area contributed by atoms with Gasteiger partial charge in [-0.25, -0.2) is 4.79 Å². The molecule has 5 nitrogen and oxygen atoms in total. The van der Waals surface area contributed by atoms with E-state index >= 15 is 0 Å². The lowest BCUT2D eigenvalue weighted by molar-refractivity contribution is 0.0387. The van der Waals surface area contributed by atoms with Gasteiger partial charge >= 0.3 is 5.97 Å². The van der Waals surface area contributed by atoms with Gasteiger partial charge in [0.1, 0.15) is 4.88 Å². The van der Waals surface area contributed by atoms with Crippen LogP contribution in [0.1, 0.15) is 9.67 Å². The molecule has 0 fully saturated rings. The van der Waals surface area contributed by atoms with E-state index in [4.69, 9.17) is 4.84 Å². The van der Waals surface area contributed by atoms with Crippen molar-refractivity contribution in [2.24, 2.45) is 0 Å². The van der Waals surface area contributed by atoms with E-state index in [0.29, 0.717) is 9.61 Å². The fourth-order valence-electron chi connectivity index (χ4n) is 1.02. The van der Waals surface area contributed by atoms with Gasteiger partial charge in [0.2, 0.25) is 11.8 Å². The Kier molecular flexibility index (Phi) is 2.34. The Labute approximate surface area is 88.7 Å². The third-order valence-electron chi connectivity index (χ3n) is 1.69. The molecule has 0 saturated carbocycles. The third-order valence-corrected chi connectivity index (χ3v) is 2.54. The molecule has 0 spiro atoms. The number of hydrogen-bond donors (Lipinski definition) is 2. The second-order valence-corrected chi connectivity index (χ2v) is 3.65. The van der Waals surface area contributed by atoms with Gasteiger partial charge in [-0.3, -0.25) is 0 Å². The predicted molar refractivity (Wildman–Crippen MR) is 53.0 cm³/mol. The zero-order valence-corrected chi connectivity index (χ0v) is 8.27. The van der Waals surface area contributed by atoms with Gasteiger partial charge < -0.3 is 15.1 Å². The summed E-state index contributed by atoms with van der Waals surface area (Å²) in [7, 11) is 0. The van der Waals surface area contributed by atoms with E-state index in [2.05, 4.69) is 0 Å². The summed E-state index contributed by atoms with van der Waals surface area (Å²) in [4.78, 5) is 16.6. The summed E-state index contributed by atoms with van der Waals surface area (Å²) in [6.07, 6.45) is 0. The molecule has 2 aromatic heterocycles. The van der Waals surface area contributed by atoms with Crippen molar-refractivity contribution in [3.63, 3.8) is 0 Å². The molecule has 2 rings (SSSR count). The monoisotopic (exact) mass is 225 g/mol. The van der Waals surface area contributed by atoms with E-state index in [-0.39, 0.29) is 11.8 Å². The Hall–Kier alpha value is -1.95. The summed E-state index contributed by atoms with van der Waals surface area (Å²) in [5, 5.41) is 20.1. The number of hydrogen-bond acceptors (Lipinski definition) is 5. The van der Waals surface area contributed by atoms with Crippen LogP contribution in [0.2, 0.25) is 0 Å². The SMILES string of the molecule is O=C(On1c(O)ccc1O)c1cccs1. The molecule has 78 valence electrons. The molecule has 0 amide bonds. The largest absolute Gasteiger partial charge is 0.492 e. The first-order valence-electron chi connectivity index (χ1n) is 4.04. The molecule has 0 atom stereocenters. The van der Waals surface area contributed by atoms with Crippen LogP contribution in [0, 0.1) is 0 Å². The maximum Gasteiger partial charge on any atom is 0.373 e. The zero-order chi connectivity index (χ0) is 10.8. The predicted octanol–water partition coefficient (Wildman–Crippen LogP) is 1.23. The molecule has 0 aliphatic carbocycles. The fourth-order valence-corrected chi connectivity index (χ4v) is 1.61. The normalized spacial score (nSPS) is 10.1. The van der Waals surface area contributed by atoms with Gasteiger partial charge in [0.15, 0.2) is 0 Å². The first-order valence-corrected chi connectivity index (χ1v) is 4.92. The molecule has 0 aliphatic rings. The summed E-state index contributed by atoms with van der Waals surface area (Å²) in [6, 6.07) is 5.73. The minimum Gasteiger partial charge on any atom is -0.492 e. The number of carbonyl (C=O) groups excluding carboxylic acids is 1. The molecule has 2 N–H and O–H groups in total. The number of rotatable bonds is 2. The van der Waals surface area contributed by atoms with Crippen molar-refractivity contribution in [3.05, 3.63) is 34.5 Å². The first kappa shape index (κ1) is 9.60. The van der Waals surface area contributed by atoms with Crippen LogP contribution in [-0.2, 0) is 0 Å². The van der Waals surface area contributed by atoms with Crippen LogP contribution in [0.15, 0.2) is 29.6 Å². The maximum absolute atomic E-state index is 11.4. The van der Waals surface area contributed by atoms with Crippen molar-refractivity contribution in [1.29, 1.82) is 0 Å². The molecule has 0 aliphatic heterocycles. The van der Waals surface area contributed by atoms with E-state index in [1.54, 1.807) is 17.5 Å². The minimum atomic E-state index is -0.633. The van der Waals surface area contributed by atoms with Gasteiger partial charge in [-0.05, 0) is 11.4 Å². The second kappa shape index (κ2) is 3.66. The van der Waals surface area contributed by atoms with E-state index < -0.39 is 5.97 Å². The Bertz CT molecular complexity index is 455. The van der Waals surface area contributed by atoms with Crippen molar-refractivity contribution in [3.8, 4) is 11.8 Å². The van der Waals surface area contributed by atoms with E-state index in [1.165, 1.54) is 23.5 Å². The Morgan fingerprint density at radius 3 is 2.47 bits per heavy atom. The van der Waals surface area contributed by atoms with Crippen molar-refractivity contribution in [2.75, 3.05) is 0 Å². The van der Waals surface area contributed by atoms with Crippen molar-refractivity contribution < 1.29 is 19.8 Å². The van der Waals surface area contributed by atoms with E-state index in [9.17, 15) is 15.0 Å². The highest BCUT2D eigenvalue weighted by Gasteiger charge is 2.14. The van der Waals surface area contributed by atoms with Gasteiger partial charge in [0, 0.05) is 12.1 Å². The number of thiophene rings is 1. The molecule has 15 heavy (non-hydrogen) atoms. The van der Waals surface area contributed by atoms with Crippen LogP contribution in [0.25, 0.3) is 0 Å². The number of nitrogens with zero attached hydrogens (tertiary/aromatic N) is 1.